The fourth-order valence-electron chi connectivity index (χ4n) is 5.73. The number of hydrogen-bond donors (Lipinski definition) is 1. The van der Waals surface area contributed by atoms with Gasteiger partial charge in [-0.05, 0) is 54.8 Å². The Kier molecular flexibility index (Phi) is 8.18. The van der Waals surface area contributed by atoms with E-state index in [0.717, 1.165) is 30.9 Å². The molecule has 0 spiro atoms. The minimum Gasteiger partial charge on any atom is -0.507 e. The van der Waals surface area contributed by atoms with E-state index in [9.17, 15) is 14.7 Å². The Hall–Kier alpha value is -3.76. The van der Waals surface area contributed by atoms with E-state index in [-0.39, 0.29) is 17.4 Å². The molecule has 10 heteroatoms. The molecule has 2 unspecified atom stereocenters. The highest BCUT2D eigenvalue weighted by atomic mass is 16.5. The molecule has 3 aliphatic heterocycles. The number of hydrogen-bond acceptors (Lipinski definition) is 9. The second kappa shape index (κ2) is 11.8. The van der Waals surface area contributed by atoms with Gasteiger partial charge in [0.15, 0.2) is 11.5 Å². The van der Waals surface area contributed by atoms with Crippen LogP contribution in [0, 0.1) is 0 Å². The van der Waals surface area contributed by atoms with Gasteiger partial charge in [-0.2, -0.15) is 0 Å². The highest BCUT2D eigenvalue weighted by Crippen LogP contribution is 2.46. The first-order valence-corrected chi connectivity index (χ1v) is 13.5. The van der Waals surface area contributed by atoms with Crippen LogP contribution in [0.5, 0.6) is 23.0 Å². The van der Waals surface area contributed by atoms with Gasteiger partial charge in [-0.3, -0.25) is 14.5 Å². The maximum atomic E-state index is 13.5. The first-order chi connectivity index (χ1) is 19.4. The fraction of sp³-hybridized carbons (Fsp3) is 0.467. The molecule has 2 aromatic carbocycles. The van der Waals surface area contributed by atoms with Gasteiger partial charge in [0, 0.05) is 38.2 Å². The van der Waals surface area contributed by atoms with E-state index in [2.05, 4.69) is 4.90 Å². The second-order valence-electron chi connectivity index (χ2n) is 10.2. The summed E-state index contributed by atoms with van der Waals surface area (Å²) in [6.07, 6.45) is 1.38. The molecule has 2 atom stereocenters. The number of nitrogens with zero attached hydrogens (tertiary/aromatic N) is 2. The number of aliphatic hydroxyl groups is 1. The maximum absolute atomic E-state index is 13.5. The van der Waals surface area contributed by atoms with Crippen LogP contribution in [0.3, 0.4) is 0 Å². The van der Waals surface area contributed by atoms with Crippen molar-refractivity contribution in [1.29, 1.82) is 0 Å². The summed E-state index contributed by atoms with van der Waals surface area (Å²) in [5.41, 5.74) is 2.00. The van der Waals surface area contributed by atoms with Gasteiger partial charge in [-0.15, -0.1) is 0 Å². The molecule has 0 aromatic heterocycles. The molecule has 1 amide bonds. The molecule has 40 heavy (non-hydrogen) atoms. The van der Waals surface area contributed by atoms with Crippen molar-refractivity contribution in [2.24, 2.45) is 0 Å². The van der Waals surface area contributed by atoms with E-state index in [1.54, 1.807) is 24.3 Å². The third-order valence-electron chi connectivity index (χ3n) is 7.69. The van der Waals surface area contributed by atoms with Crippen molar-refractivity contribution in [3.63, 3.8) is 0 Å². The topological polar surface area (TPSA) is 107 Å². The van der Waals surface area contributed by atoms with E-state index in [1.165, 1.54) is 26.2 Å². The molecular formula is C30H36N2O8. The Balaban J connectivity index is 1.57. The van der Waals surface area contributed by atoms with Crippen molar-refractivity contribution >= 4 is 17.4 Å². The first-order valence-electron chi connectivity index (χ1n) is 13.5. The summed E-state index contributed by atoms with van der Waals surface area (Å²) in [6.45, 7) is 6.09. The molecule has 2 fully saturated rings. The van der Waals surface area contributed by atoms with Gasteiger partial charge >= 0.3 is 0 Å². The Bertz CT molecular complexity index is 1290. The van der Waals surface area contributed by atoms with Crippen LogP contribution >= 0.6 is 0 Å². The number of carbonyl (C=O) groups excluding carboxylic acids is 2. The van der Waals surface area contributed by atoms with Crippen LogP contribution < -0.4 is 18.9 Å². The third-order valence-corrected chi connectivity index (χ3v) is 7.69. The number of fused-ring (bicyclic) bond motifs is 1. The summed E-state index contributed by atoms with van der Waals surface area (Å²) in [6, 6.07) is 7.93. The number of morpholine rings is 1. The number of Topliss-reactive ketones (excluding diaryl/α,β-unsaturated/α-hetero) is 1. The SMILES string of the molecule is COc1cc(C2C(=C(O)c3ccc4c(c3)CC(C)O4)C(=O)C(=O)N2CCCN2CCOCC2)cc(OC)c1OC. The number of ketones is 1. The predicted molar refractivity (Wildman–Crippen MR) is 147 cm³/mol. The van der Waals surface area contributed by atoms with Gasteiger partial charge in [0.2, 0.25) is 5.75 Å². The monoisotopic (exact) mass is 552 g/mol. The highest BCUT2D eigenvalue weighted by molar-refractivity contribution is 6.46. The van der Waals surface area contributed by atoms with Gasteiger partial charge in [0.05, 0.1) is 46.2 Å². The minimum absolute atomic E-state index is 0.0255. The normalized spacial score (nSPS) is 22.2. The lowest BCUT2D eigenvalue weighted by Gasteiger charge is -2.29. The van der Waals surface area contributed by atoms with Crippen LogP contribution in [0.1, 0.15) is 36.1 Å². The number of methoxy groups -OCH3 is 3. The zero-order valence-corrected chi connectivity index (χ0v) is 23.4. The van der Waals surface area contributed by atoms with Crippen molar-refractivity contribution < 1.29 is 38.4 Å². The summed E-state index contributed by atoms with van der Waals surface area (Å²) in [5, 5.41) is 11.6. The quantitative estimate of drug-likeness (QED) is 0.285. The lowest BCUT2D eigenvalue weighted by atomic mass is 9.94. The fourth-order valence-corrected chi connectivity index (χ4v) is 5.73. The van der Waals surface area contributed by atoms with Gasteiger partial charge in [-0.1, -0.05) is 0 Å². The molecule has 0 saturated carbocycles. The third kappa shape index (κ3) is 5.21. The lowest BCUT2D eigenvalue weighted by Crippen LogP contribution is -2.39. The van der Waals surface area contributed by atoms with Gasteiger partial charge in [-0.25, -0.2) is 0 Å². The van der Waals surface area contributed by atoms with Crippen LogP contribution in [0.4, 0.5) is 0 Å². The second-order valence-corrected chi connectivity index (χ2v) is 10.2. The Morgan fingerprint density at radius 3 is 2.35 bits per heavy atom. The molecule has 3 aliphatic rings. The number of aliphatic hydroxyl groups excluding tert-OH is 1. The summed E-state index contributed by atoms with van der Waals surface area (Å²) < 4.78 is 27.9. The van der Waals surface area contributed by atoms with Crippen molar-refractivity contribution in [3.05, 3.63) is 52.6 Å². The molecule has 2 saturated heterocycles. The average molecular weight is 553 g/mol. The van der Waals surface area contributed by atoms with E-state index in [1.807, 2.05) is 13.0 Å². The van der Waals surface area contributed by atoms with Crippen molar-refractivity contribution in [3.8, 4) is 23.0 Å². The molecule has 10 nitrogen and oxygen atoms in total. The summed E-state index contributed by atoms with van der Waals surface area (Å²) in [5.74, 6) is 0.321. The number of carbonyl (C=O) groups is 2. The van der Waals surface area contributed by atoms with Gasteiger partial charge < -0.3 is 33.7 Å². The predicted octanol–water partition coefficient (Wildman–Crippen LogP) is 3.18. The summed E-state index contributed by atoms with van der Waals surface area (Å²) >= 11 is 0. The van der Waals surface area contributed by atoms with Crippen LogP contribution in [0.15, 0.2) is 35.9 Å². The molecular weight excluding hydrogens is 516 g/mol. The first kappa shape index (κ1) is 27.8. The maximum Gasteiger partial charge on any atom is 0.295 e. The summed E-state index contributed by atoms with van der Waals surface area (Å²) in [4.78, 5) is 30.8. The number of amides is 1. The number of benzene rings is 2. The molecule has 1 N–H and O–H groups in total. The van der Waals surface area contributed by atoms with Crippen molar-refractivity contribution in [2.75, 3.05) is 60.7 Å². The summed E-state index contributed by atoms with van der Waals surface area (Å²) in [7, 11) is 4.53. The van der Waals surface area contributed by atoms with Crippen molar-refractivity contribution in [2.45, 2.75) is 31.9 Å². The highest BCUT2D eigenvalue weighted by Gasteiger charge is 2.46. The van der Waals surface area contributed by atoms with Crippen LogP contribution in [0.25, 0.3) is 5.76 Å². The van der Waals surface area contributed by atoms with Crippen LogP contribution in [0.2, 0.25) is 0 Å². The molecule has 0 bridgehead atoms. The smallest absolute Gasteiger partial charge is 0.295 e. The number of likely N-dealkylation sites (tertiary alicyclic amines) is 1. The van der Waals surface area contributed by atoms with Gasteiger partial charge in [0.25, 0.3) is 11.7 Å². The molecule has 0 radical (unpaired) electrons. The van der Waals surface area contributed by atoms with E-state index >= 15 is 0 Å². The van der Waals surface area contributed by atoms with Crippen LogP contribution in [-0.2, 0) is 20.7 Å². The van der Waals surface area contributed by atoms with Gasteiger partial charge in [0.1, 0.15) is 17.6 Å². The molecule has 0 aliphatic carbocycles. The Labute approximate surface area is 234 Å². The Morgan fingerprint density at radius 1 is 1.00 bits per heavy atom. The molecule has 3 heterocycles. The minimum atomic E-state index is -0.846. The number of ether oxygens (including phenoxy) is 5. The standard InChI is InChI=1S/C30H36N2O8/c1-18-14-20-15-19(6-7-22(20)40-18)27(33)25-26(21-16-23(36-2)29(38-4)24(17-21)37-3)32(30(35)28(25)34)9-5-8-31-10-12-39-13-11-31/h6-7,15-18,26,33H,5,8-14H2,1-4H3. The van der Waals surface area contributed by atoms with E-state index in [4.69, 9.17) is 23.7 Å². The zero-order chi connectivity index (χ0) is 28.4. The number of rotatable bonds is 9. The van der Waals surface area contributed by atoms with E-state index < -0.39 is 17.7 Å². The molecule has 214 valence electrons. The zero-order valence-electron chi connectivity index (χ0n) is 23.4. The largest absolute Gasteiger partial charge is 0.507 e. The molecule has 5 rings (SSSR count). The van der Waals surface area contributed by atoms with E-state index in [0.29, 0.717) is 61.0 Å². The average Bonchev–Trinajstić information content (AvgIpc) is 3.47. The lowest BCUT2D eigenvalue weighted by molar-refractivity contribution is -0.140. The Morgan fingerprint density at radius 2 is 1.70 bits per heavy atom. The molecule has 2 aromatic rings. The van der Waals surface area contributed by atoms with Crippen LogP contribution in [-0.4, -0.2) is 93.4 Å². The van der Waals surface area contributed by atoms with Crippen molar-refractivity contribution in [1.82, 2.24) is 9.80 Å².